The summed E-state index contributed by atoms with van der Waals surface area (Å²) in [5.74, 6) is 0.295. The van der Waals surface area contributed by atoms with Crippen molar-refractivity contribution in [3.05, 3.63) is 72.4 Å². The molecule has 1 aromatic carbocycles. The van der Waals surface area contributed by atoms with Gasteiger partial charge in [0.2, 0.25) is 5.88 Å². The maximum atomic E-state index is 13.1. The Hall–Kier alpha value is -4.29. The van der Waals surface area contributed by atoms with Gasteiger partial charge >= 0.3 is 0 Å². The van der Waals surface area contributed by atoms with Crippen molar-refractivity contribution in [2.45, 2.75) is 6.42 Å². The van der Waals surface area contributed by atoms with Gasteiger partial charge in [-0.15, -0.1) is 0 Å². The molecule has 0 saturated carbocycles. The Morgan fingerprint density at radius 3 is 2.50 bits per heavy atom. The van der Waals surface area contributed by atoms with E-state index < -0.39 is 0 Å². The SMILES string of the molecule is CN(C)CCCOc1ccc(-c2cnc3cnc(C(=O)N(C)c4ccc(C#N)cc4)cn23)cn1. The fourth-order valence-electron chi connectivity index (χ4n) is 3.44. The van der Waals surface area contributed by atoms with Gasteiger partial charge in [-0.3, -0.25) is 9.20 Å². The van der Waals surface area contributed by atoms with Crippen molar-refractivity contribution in [1.29, 1.82) is 5.26 Å². The molecule has 0 N–H and O–H groups in total. The topological polar surface area (TPSA) is 99.6 Å². The minimum absolute atomic E-state index is 0.271. The molecule has 1 amide bonds. The fourth-order valence-corrected chi connectivity index (χ4v) is 3.44. The van der Waals surface area contributed by atoms with E-state index in [0.717, 1.165) is 24.2 Å². The molecule has 0 saturated heterocycles. The number of ether oxygens (including phenoxy) is 1. The van der Waals surface area contributed by atoms with Gasteiger partial charge in [0.05, 0.1) is 36.3 Å². The van der Waals surface area contributed by atoms with E-state index in [0.29, 0.717) is 29.4 Å². The predicted octanol–water partition coefficient (Wildman–Crippen LogP) is 3.27. The summed E-state index contributed by atoms with van der Waals surface area (Å²) in [6.45, 7) is 1.55. The number of pyridine rings is 1. The minimum atomic E-state index is -0.272. The van der Waals surface area contributed by atoms with Gasteiger partial charge in [-0.25, -0.2) is 15.0 Å². The van der Waals surface area contributed by atoms with E-state index in [2.05, 4.69) is 25.9 Å². The van der Waals surface area contributed by atoms with E-state index in [1.807, 2.05) is 30.6 Å². The summed E-state index contributed by atoms with van der Waals surface area (Å²) in [6.07, 6.45) is 7.62. The van der Waals surface area contributed by atoms with Crippen LogP contribution in [0.15, 0.2) is 61.2 Å². The van der Waals surface area contributed by atoms with Gasteiger partial charge in [-0.1, -0.05) is 0 Å². The van der Waals surface area contributed by atoms with Crippen LogP contribution in [-0.2, 0) is 0 Å². The second kappa shape index (κ2) is 10.1. The van der Waals surface area contributed by atoms with E-state index in [4.69, 9.17) is 10.00 Å². The number of amides is 1. The molecule has 0 aliphatic carbocycles. The van der Waals surface area contributed by atoms with E-state index in [-0.39, 0.29) is 11.6 Å². The molecule has 9 nitrogen and oxygen atoms in total. The summed E-state index contributed by atoms with van der Waals surface area (Å²) >= 11 is 0. The van der Waals surface area contributed by atoms with Crippen LogP contribution in [0.1, 0.15) is 22.5 Å². The second-order valence-electron chi connectivity index (χ2n) is 8.06. The van der Waals surface area contributed by atoms with Crippen LogP contribution < -0.4 is 9.64 Å². The van der Waals surface area contributed by atoms with Crippen molar-refractivity contribution in [1.82, 2.24) is 24.3 Å². The molecule has 0 unspecified atom stereocenters. The Bertz CT molecular complexity index is 1320. The first kappa shape index (κ1) is 22.9. The standard InChI is InChI=1S/C25H25N7O2/c1-30(2)11-4-12-34-24-10-7-19(14-29-24)22-15-28-23-16-27-21(17-32(22)23)25(33)31(3)20-8-5-18(13-26)6-9-20/h5-10,14-17H,4,11-12H2,1-3H3. The van der Waals surface area contributed by atoms with Crippen molar-refractivity contribution < 1.29 is 9.53 Å². The van der Waals surface area contributed by atoms with Gasteiger partial charge in [0.25, 0.3) is 5.91 Å². The number of rotatable bonds is 8. The third-order valence-corrected chi connectivity index (χ3v) is 5.34. The Kier molecular flexibility index (Phi) is 6.80. The highest BCUT2D eigenvalue weighted by Crippen LogP contribution is 2.23. The molecule has 4 aromatic rings. The highest BCUT2D eigenvalue weighted by molar-refractivity contribution is 6.04. The van der Waals surface area contributed by atoms with Gasteiger partial charge in [-0.05, 0) is 50.8 Å². The first-order valence-electron chi connectivity index (χ1n) is 10.8. The summed E-state index contributed by atoms with van der Waals surface area (Å²) in [4.78, 5) is 29.8. The first-order chi connectivity index (χ1) is 16.5. The third kappa shape index (κ3) is 5.03. The van der Waals surface area contributed by atoms with E-state index >= 15 is 0 Å². The molecule has 0 aliphatic heterocycles. The number of carbonyl (C=O) groups excluding carboxylic acids is 1. The number of nitrogens with zero attached hydrogens (tertiary/aromatic N) is 7. The Balaban J connectivity index is 1.53. The van der Waals surface area contributed by atoms with Crippen LogP contribution in [0.2, 0.25) is 0 Å². The molecule has 0 aliphatic rings. The predicted molar refractivity (Wildman–Crippen MR) is 129 cm³/mol. The van der Waals surface area contributed by atoms with Gasteiger partial charge in [0.1, 0.15) is 5.69 Å². The molecule has 0 spiro atoms. The van der Waals surface area contributed by atoms with E-state index in [9.17, 15) is 4.79 Å². The maximum Gasteiger partial charge on any atom is 0.278 e. The molecular weight excluding hydrogens is 430 g/mol. The summed E-state index contributed by atoms with van der Waals surface area (Å²) in [7, 11) is 5.73. The number of hydrogen-bond acceptors (Lipinski definition) is 7. The number of benzene rings is 1. The molecular formula is C25H25N7O2. The maximum absolute atomic E-state index is 13.1. The number of aromatic nitrogens is 4. The molecule has 172 valence electrons. The summed E-state index contributed by atoms with van der Waals surface area (Å²) < 4.78 is 7.53. The average molecular weight is 456 g/mol. The van der Waals surface area contributed by atoms with Gasteiger partial charge in [-0.2, -0.15) is 5.26 Å². The molecule has 0 radical (unpaired) electrons. The van der Waals surface area contributed by atoms with Gasteiger partial charge < -0.3 is 14.5 Å². The lowest BCUT2D eigenvalue weighted by atomic mass is 10.2. The largest absolute Gasteiger partial charge is 0.478 e. The van der Waals surface area contributed by atoms with E-state index in [1.165, 1.54) is 4.90 Å². The van der Waals surface area contributed by atoms with Crippen molar-refractivity contribution in [2.75, 3.05) is 39.2 Å². The smallest absolute Gasteiger partial charge is 0.278 e. The molecule has 0 bridgehead atoms. The molecule has 3 aromatic heterocycles. The van der Waals surface area contributed by atoms with Gasteiger partial charge in [0.15, 0.2) is 5.65 Å². The third-order valence-electron chi connectivity index (χ3n) is 5.34. The Labute approximate surface area is 197 Å². The number of anilines is 1. The van der Waals surface area contributed by atoms with Crippen LogP contribution in [0.4, 0.5) is 5.69 Å². The Morgan fingerprint density at radius 1 is 1.03 bits per heavy atom. The lowest BCUT2D eigenvalue weighted by Gasteiger charge is -2.17. The van der Waals surface area contributed by atoms with Crippen LogP contribution in [-0.4, -0.2) is 64.5 Å². The second-order valence-corrected chi connectivity index (χ2v) is 8.06. The molecule has 0 fully saturated rings. The summed E-state index contributed by atoms with van der Waals surface area (Å²) in [5, 5.41) is 8.97. The summed E-state index contributed by atoms with van der Waals surface area (Å²) in [6, 6.07) is 12.6. The minimum Gasteiger partial charge on any atom is -0.478 e. The number of imidazole rings is 1. The molecule has 3 heterocycles. The highest BCUT2D eigenvalue weighted by atomic mass is 16.5. The zero-order valence-electron chi connectivity index (χ0n) is 19.3. The fraction of sp³-hybridized carbons (Fsp3) is 0.240. The zero-order valence-corrected chi connectivity index (χ0v) is 19.3. The highest BCUT2D eigenvalue weighted by Gasteiger charge is 2.17. The molecule has 34 heavy (non-hydrogen) atoms. The van der Waals surface area contributed by atoms with Crippen LogP contribution >= 0.6 is 0 Å². The van der Waals surface area contributed by atoms with Crippen LogP contribution in [0.5, 0.6) is 5.88 Å². The monoisotopic (exact) mass is 455 g/mol. The summed E-state index contributed by atoms with van der Waals surface area (Å²) in [5.41, 5.74) is 3.73. The van der Waals surface area contributed by atoms with Crippen molar-refractivity contribution >= 4 is 17.2 Å². The molecule has 9 heteroatoms. The number of carbonyl (C=O) groups is 1. The van der Waals surface area contributed by atoms with Crippen molar-refractivity contribution in [3.8, 4) is 23.2 Å². The van der Waals surface area contributed by atoms with Crippen LogP contribution in [0, 0.1) is 11.3 Å². The Morgan fingerprint density at radius 2 is 1.82 bits per heavy atom. The quantitative estimate of drug-likeness (QED) is 0.376. The van der Waals surface area contributed by atoms with Crippen LogP contribution in [0.25, 0.3) is 16.9 Å². The average Bonchev–Trinajstić information content (AvgIpc) is 3.29. The lowest BCUT2D eigenvalue weighted by Crippen LogP contribution is -2.27. The molecule has 0 atom stereocenters. The molecule has 4 rings (SSSR count). The number of fused-ring (bicyclic) bond motifs is 1. The zero-order chi connectivity index (χ0) is 24.1. The lowest BCUT2D eigenvalue weighted by molar-refractivity contribution is 0.0988. The van der Waals surface area contributed by atoms with Gasteiger partial charge in [0, 0.05) is 43.3 Å². The number of hydrogen-bond donors (Lipinski definition) is 0. The van der Waals surface area contributed by atoms with E-state index in [1.54, 1.807) is 56.1 Å². The van der Waals surface area contributed by atoms with Crippen molar-refractivity contribution in [3.63, 3.8) is 0 Å². The van der Waals surface area contributed by atoms with Crippen molar-refractivity contribution in [2.24, 2.45) is 0 Å². The first-order valence-corrected chi connectivity index (χ1v) is 10.8. The number of nitriles is 1. The van der Waals surface area contributed by atoms with Crippen LogP contribution in [0.3, 0.4) is 0 Å². The normalized spacial score (nSPS) is 10.9.